The van der Waals surface area contributed by atoms with Crippen LogP contribution in [0.2, 0.25) is 0 Å². The van der Waals surface area contributed by atoms with Gasteiger partial charge in [-0.2, -0.15) is 0 Å². The lowest BCUT2D eigenvalue weighted by atomic mass is 10.2. The average molecular weight is 300 g/mol. The molecule has 110 valence electrons. The van der Waals surface area contributed by atoms with Gasteiger partial charge in [0.05, 0.1) is 13.2 Å². The molecule has 0 aliphatic rings. The Morgan fingerprint density at radius 2 is 2.10 bits per heavy atom. The van der Waals surface area contributed by atoms with Gasteiger partial charge < -0.3 is 14.6 Å². The molecule has 0 unspecified atom stereocenters. The van der Waals surface area contributed by atoms with Crippen molar-refractivity contribution in [3.63, 3.8) is 0 Å². The monoisotopic (exact) mass is 300 g/mol. The molecule has 0 radical (unpaired) electrons. The van der Waals surface area contributed by atoms with Crippen LogP contribution in [0.4, 0.5) is 0 Å². The van der Waals surface area contributed by atoms with Gasteiger partial charge in [0.25, 0.3) is 0 Å². The van der Waals surface area contributed by atoms with Gasteiger partial charge in [0.2, 0.25) is 0 Å². The minimum Gasteiger partial charge on any atom is -0.383 e. The van der Waals surface area contributed by atoms with Crippen molar-refractivity contribution in [2.24, 2.45) is 0 Å². The summed E-state index contributed by atoms with van der Waals surface area (Å²) < 4.78 is 7.42. The van der Waals surface area contributed by atoms with Crippen molar-refractivity contribution in [2.45, 2.75) is 13.1 Å². The van der Waals surface area contributed by atoms with Crippen molar-refractivity contribution >= 4 is 22.2 Å². The molecule has 0 saturated carbocycles. The topological polar surface area (TPSA) is 26.2 Å². The van der Waals surface area contributed by atoms with Crippen LogP contribution in [-0.4, -0.2) is 24.8 Å². The highest BCUT2D eigenvalue weighted by atomic mass is 32.1. The Morgan fingerprint density at radius 3 is 2.90 bits per heavy atom. The fourth-order valence-corrected chi connectivity index (χ4v) is 3.26. The molecule has 0 atom stereocenters. The van der Waals surface area contributed by atoms with Crippen molar-refractivity contribution in [1.29, 1.82) is 0 Å². The number of methoxy groups -OCH3 is 1. The number of benzene rings is 1. The lowest BCUT2D eigenvalue weighted by molar-refractivity contribution is 0.199. The largest absolute Gasteiger partial charge is 0.383 e. The summed E-state index contributed by atoms with van der Waals surface area (Å²) in [6.45, 7) is 3.44. The molecule has 0 aliphatic carbocycles. The lowest BCUT2D eigenvalue weighted by Crippen LogP contribution is -2.18. The summed E-state index contributed by atoms with van der Waals surface area (Å²) >= 11 is 1.81. The van der Waals surface area contributed by atoms with E-state index in [1.165, 1.54) is 21.3 Å². The highest BCUT2D eigenvalue weighted by Crippen LogP contribution is 2.23. The number of fused-ring (bicyclic) bond motifs is 1. The second kappa shape index (κ2) is 6.89. The predicted octanol–water partition coefficient (Wildman–Crippen LogP) is 3.49. The van der Waals surface area contributed by atoms with Crippen LogP contribution in [0.25, 0.3) is 10.9 Å². The van der Waals surface area contributed by atoms with Crippen molar-refractivity contribution in [3.05, 3.63) is 58.4 Å². The Hall–Kier alpha value is -1.62. The molecule has 0 bridgehead atoms. The molecule has 0 spiro atoms. The number of hydrogen-bond acceptors (Lipinski definition) is 3. The van der Waals surface area contributed by atoms with Crippen molar-refractivity contribution < 1.29 is 4.74 Å². The minimum atomic E-state index is 0.744. The van der Waals surface area contributed by atoms with Gasteiger partial charge in [-0.05, 0) is 23.1 Å². The maximum Gasteiger partial charge on any atom is 0.0587 e. The van der Waals surface area contributed by atoms with Gasteiger partial charge in [0.15, 0.2) is 0 Å². The quantitative estimate of drug-likeness (QED) is 0.676. The highest BCUT2D eigenvalue weighted by molar-refractivity contribution is 7.09. The molecular formula is C17H20N2OS. The van der Waals surface area contributed by atoms with Crippen LogP contribution >= 0.6 is 11.3 Å². The van der Waals surface area contributed by atoms with E-state index in [2.05, 4.69) is 57.9 Å². The third-order valence-electron chi connectivity index (χ3n) is 3.58. The fraction of sp³-hybridized carbons (Fsp3) is 0.294. The first kappa shape index (κ1) is 14.3. The summed E-state index contributed by atoms with van der Waals surface area (Å²) in [6, 6.07) is 12.9. The zero-order chi connectivity index (χ0) is 14.5. The fourth-order valence-electron chi connectivity index (χ4n) is 2.56. The summed E-state index contributed by atoms with van der Waals surface area (Å²) in [5.74, 6) is 0. The third kappa shape index (κ3) is 3.35. The van der Waals surface area contributed by atoms with Gasteiger partial charge in [-0.25, -0.2) is 0 Å². The number of thiophene rings is 1. The van der Waals surface area contributed by atoms with Crippen molar-refractivity contribution in [2.75, 3.05) is 20.3 Å². The van der Waals surface area contributed by atoms with Crippen LogP contribution in [0.15, 0.2) is 48.0 Å². The van der Waals surface area contributed by atoms with Gasteiger partial charge in [0.1, 0.15) is 0 Å². The maximum atomic E-state index is 5.08. The number of nitrogens with one attached hydrogen (secondary N) is 1. The molecule has 0 saturated heterocycles. The van der Waals surface area contributed by atoms with Crippen LogP contribution in [0.3, 0.4) is 0 Å². The Bertz CT molecular complexity index is 688. The molecule has 4 heteroatoms. The number of ether oxygens (including phenoxy) is 1. The van der Waals surface area contributed by atoms with E-state index in [0.717, 1.165) is 26.2 Å². The normalized spacial score (nSPS) is 11.3. The molecule has 1 aromatic carbocycles. The molecule has 21 heavy (non-hydrogen) atoms. The van der Waals surface area contributed by atoms with Gasteiger partial charge >= 0.3 is 0 Å². The number of para-hydroxylation sites is 1. The molecule has 3 aromatic rings. The molecule has 0 fully saturated rings. The van der Waals surface area contributed by atoms with E-state index in [4.69, 9.17) is 4.74 Å². The first-order valence-electron chi connectivity index (χ1n) is 7.17. The number of aromatic nitrogens is 1. The Balaban J connectivity index is 1.83. The predicted molar refractivity (Wildman–Crippen MR) is 88.9 cm³/mol. The third-order valence-corrected chi connectivity index (χ3v) is 4.44. The SMILES string of the molecule is COCCNCc1cn(Cc2cccs2)c2ccccc12. The summed E-state index contributed by atoms with van der Waals surface area (Å²) in [5.41, 5.74) is 2.65. The first-order valence-corrected chi connectivity index (χ1v) is 8.05. The maximum absolute atomic E-state index is 5.08. The van der Waals surface area contributed by atoms with E-state index in [1.54, 1.807) is 7.11 Å². The van der Waals surface area contributed by atoms with E-state index < -0.39 is 0 Å². The van der Waals surface area contributed by atoms with Crippen molar-refractivity contribution in [3.8, 4) is 0 Å². The first-order chi connectivity index (χ1) is 10.4. The molecule has 2 aromatic heterocycles. The molecule has 3 rings (SSSR count). The Kier molecular flexibility index (Phi) is 4.70. The van der Waals surface area contributed by atoms with Crippen molar-refractivity contribution in [1.82, 2.24) is 9.88 Å². The Labute approximate surface area is 129 Å². The van der Waals surface area contributed by atoms with Gasteiger partial charge in [-0.3, -0.25) is 0 Å². The molecular weight excluding hydrogens is 280 g/mol. The zero-order valence-electron chi connectivity index (χ0n) is 12.2. The number of nitrogens with zero attached hydrogens (tertiary/aromatic N) is 1. The van der Waals surface area contributed by atoms with E-state index >= 15 is 0 Å². The minimum absolute atomic E-state index is 0.744. The van der Waals surface area contributed by atoms with Gasteiger partial charge in [-0.1, -0.05) is 24.3 Å². The standard InChI is InChI=1S/C17H20N2OS/c1-20-9-8-18-11-14-12-19(13-15-5-4-10-21-15)17-7-3-2-6-16(14)17/h2-7,10,12,18H,8-9,11,13H2,1H3. The zero-order valence-corrected chi connectivity index (χ0v) is 13.0. The van der Waals surface area contributed by atoms with E-state index in [9.17, 15) is 0 Å². The lowest BCUT2D eigenvalue weighted by Gasteiger charge is -2.02. The van der Waals surface area contributed by atoms with Crippen LogP contribution in [0.5, 0.6) is 0 Å². The molecule has 0 amide bonds. The number of rotatable bonds is 7. The summed E-state index contributed by atoms with van der Waals surface area (Å²) in [5, 5.41) is 6.90. The Morgan fingerprint density at radius 1 is 1.19 bits per heavy atom. The van der Waals surface area contributed by atoms with E-state index in [0.29, 0.717) is 0 Å². The molecule has 3 nitrogen and oxygen atoms in total. The second-order valence-electron chi connectivity index (χ2n) is 5.05. The summed E-state index contributed by atoms with van der Waals surface area (Å²) in [7, 11) is 1.73. The van der Waals surface area contributed by atoms with Crippen LogP contribution < -0.4 is 5.32 Å². The van der Waals surface area contributed by atoms with Gasteiger partial charge in [-0.15, -0.1) is 11.3 Å². The van der Waals surface area contributed by atoms with E-state index in [1.807, 2.05) is 11.3 Å². The highest BCUT2D eigenvalue weighted by Gasteiger charge is 2.08. The second-order valence-corrected chi connectivity index (χ2v) is 6.08. The van der Waals surface area contributed by atoms with Crippen LogP contribution in [0.1, 0.15) is 10.4 Å². The van der Waals surface area contributed by atoms with Gasteiger partial charge in [0, 0.05) is 42.2 Å². The summed E-state index contributed by atoms with van der Waals surface area (Å²) in [4.78, 5) is 1.38. The van der Waals surface area contributed by atoms with E-state index in [-0.39, 0.29) is 0 Å². The smallest absolute Gasteiger partial charge is 0.0587 e. The number of hydrogen-bond donors (Lipinski definition) is 1. The summed E-state index contributed by atoms with van der Waals surface area (Å²) in [6.07, 6.45) is 2.27. The van der Waals surface area contributed by atoms with Crippen LogP contribution in [0, 0.1) is 0 Å². The molecule has 0 aliphatic heterocycles. The molecule has 1 N–H and O–H groups in total. The average Bonchev–Trinajstić information content (AvgIpc) is 3.13. The molecule has 2 heterocycles. The van der Waals surface area contributed by atoms with Crippen LogP contribution in [-0.2, 0) is 17.8 Å².